The number of rotatable bonds is 5. The second-order valence-corrected chi connectivity index (χ2v) is 6.63. The van der Waals surface area contributed by atoms with Crippen molar-refractivity contribution in [1.29, 1.82) is 5.26 Å². The van der Waals surface area contributed by atoms with Crippen molar-refractivity contribution in [2.75, 3.05) is 6.54 Å². The van der Waals surface area contributed by atoms with Crippen LogP contribution in [0.3, 0.4) is 0 Å². The number of amides is 1. The molecule has 0 saturated carbocycles. The Labute approximate surface area is 149 Å². The number of hydrogen-bond acceptors (Lipinski definition) is 3. The van der Waals surface area contributed by atoms with E-state index in [1.807, 2.05) is 12.1 Å². The maximum Gasteiger partial charge on any atom is 0.264 e. The summed E-state index contributed by atoms with van der Waals surface area (Å²) in [5.74, 6) is -0.486. The number of hydrogen-bond donors (Lipinski definition) is 0. The number of halogens is 1. The molecule has 25 heavy (non-hydrogen) atoms. The molecule has 0 fully saturated rings. The molecule has 1 amide bonds. The van der Waals surface area contributed by atoms with Crippen molar-refractivity contribution in [1.82, 2.24) is 4.90 Å². The lowest BCUT2D eigenvalue weighted by molar-refractivity contribution is 0.0767. The summed E-state index contributed by atoms with van der Waals surface area (Å²) in [5, 5.41) is 9.33. The van der Waals surface area contributed by atoms with E-state index in [4.69, 9.17) is 5.26 Å². The van der Waals surface area contributed by atoms with E-state index in [9.17, 15) is 9.18 Å². The molecule has 0 aliphatic heterocycles. The summed E-state index contributed by atoms with van der Waals surface area (Å²) in [6, 6.07) is 15.6. The fraction of sp³-hybridized carbons (Fsp3) is 0.100. The number of carbonyl (C=O) groups excluding carboxylic acids is 1. The van der Waals surface area contributed by atoms with Gasteiger partial charge in [0.25, 0.3) is 5.91 Å². The van der Waals surface area contributed by atoms with Gasteiger partial charge in [-0.3, -0.25) is 4.79 Å². The van der Waals surface area contributed by atoms with Crippen LogP contribution in [0.5, 0.6) is 0 Å². The van der Waals surface area contributed by atoms with Gasteiger partial charge < -0.3 is 4.90 Å². The standard InChI is InChI=1S/C20H15FN2OS/c1-2-10-23(13-15-8-6-14(12-22)7-9-15)20(24)19-11-16-17(21)4-3-5-18(16)25-19/h2-9,11H,1,10,13H2. The van der Waals surface area contributed by atoms with E-state index >= 15 is 0 Å². The lowest BCUT2D eigenvalue weighted by atomic mass is 10.1. The van der Waals surface area contributed by atoms with Crippen LogP contribution in [-0.2, 0) is 6.54 Å². The van der Waals surface area contributed by atoms with Crippen LogP contribution in [0, 0.1) is 17.1 Å². The Morgan fingerprint density at radius 2 is 2.04 bits per heavy atom. The molecule has 3 rings (SSSR count). The normalized spacial score (nSPS) is 10.4. The molecule has 3 nitrogen and oxygen atoms in total. The van der Waals surface area contributed by atoms with Crippen LogP contribution < -0.4 is 0 Å². The fourth-order valence-electron chi connectivity index (χ4n) is 2.57. The zero-order valence-corrected chi connectivity index (χ0v) is 14.2. The monoisotopic (exact) mass is 350 g/mol. The average molecular weight is 350 g/mol. The Kier molecular flexibility index (Phi) is 4.92. The second kappa shape index (κ2) is 7.29. The summed E-state index contributed by atoms with van der Waals surface area (Å²) < 4.78 is 14.6. The molecule has 0 atom stereocenters. The molecular formula is C20H15FN2OS. The molecule has 3 aromatic rings. The fourth-order valence-corrected chi connectivity index (χ4v) is 3.61. The first-order chi connectivity index (χ1) is 12.1. The summed E-state index contributed by atoms with van der Waals surface area (Å²) in [4.78, 5) is 15.0. The van der Waals surface area contributed by atoms with Gasteiger partial charge in [0.05, 0.1) is 16.5 Å². The van der Waals surface area contributed by atoms with Crippen molar-refractivity contribution in [3.05, 3.63) is 83.0 Å². The van der Waals surface area contributed by atoms with E-state index < -0.39 is 0 Å². The van der Waals surface area contributed by atoms with Crippen LogP contribution in [-0.4, -0.2) is 17.4 Å². The molecule has 0 radical (unpaired) electrons. The SMILES string of the molecule is C=CCN(Cc1ccc(C#N)cc1)C(=O)c1cc2c(F)cccc2s1. The first kappa shape index (κ1) is 16.9. The number of fused-ring (bicyclic) bond motifs is 1. The average Bonchev–Trinajstić information content (AvgIpc) is 3.07. The first-order valence-corrected chi connectivity index (χ1v) is 8.51. The third kappa shape index (κ3) is 3.59. The molecule has 0 spiro atoms. The number of nitrogens with zero attached hydrogens (tertiary/aromatic N) is 2. The molecule has 0 saturated heterocycles. The molecule has 2 aromatic carbocycles. The van der Waals surface area contributed by atoms with Crippen LogP contribution in [0.15, 0.2) is 61.2 Å². The number of nitriles is 1. The smallest absolute Gasteiger partial charge is 0.264 e. The van der Waals surface area contributed by atoms with E-state index in [1.165, 1.54) is 17.4 Å². The van der Waals surface area contributed by atoms with Gasteiger partial charge in [-0.1, -0.05) is 24.3 Å². The summed E-state index contributed by atoms with van der Waals surface area (Å²) in [6.45, 7) is 4.49. The molecule has 124 valence electrons. The van der Waals surface area contributed by atoms with Crippen molar-refractivity contribution in [3.63, 3.8) is 0 Å². The third-order valence-electron chi connectivity index (χ3n) is 3.81. The largest absolute Gasteiger partial charge is 0.330 e. The Hall–Kier alpha value is -2.97. The van der Waals surface area contributed by atoms with E-state index in [-0.39, 0.29) is 11.7 Å². The van der Waals surface area contributed by atoms with Crippen molar-refractivity contribution in [3.8, 4) is 6.07 Å². The van der Waals surface area contributed by atoms with Crippen molar-refractivity contribution in [2.24, 2.45) is 0 Å². The van der Waals surface area contributed by atoms with Crippen LogP contribution in [0.4, 0.5) is 4.39 Å². The summed E-state index contributed by atoms with van der Waals surface area (Å²) >= 11 is 1.28. The third-order valence-corrected chi connectivity index (χ3v) is 4.90. The lowest BCUT2D eigenvalue weighted by Crippen LogP contribution is -2.30. The van der Waals surface area contributed by atoms with Gasteiger partial charge in [0.1, 0.15) is 5.82 Å². The van der Waals surface area contributed by atoms with E-state index in [1.54, 1.807) is 41.3 Å². The van der Waals surface area contributed by atoms with Crippen molar-refractivity contribution < 1.29 is 9.18 Å². The van der Waals surface area contributed by atoms with E-state index in [0.29, 0.717) is 28.9 Å². The number of benzene rings is 2. The van der Waals surface area contributed by atoms with Gasteiger partial charge in [0.2, 0.25) is 0 Å². The zero-order chi connectivity index (χ0) is 17.8. The van der Waals surface area contributed by atoms with E-state index in [0.717, 1.165) is 10.3 Å². The Morgan fingerprint density at radius 3 is 2.68 bits per heavy atom. The highest BCUT2D eigenvalue weighted by molar-refractivity contribution is 7.20. The Morgan fingerprint density at radius 1 is 1.28 bits per heavy atom. The number of carbonyl (C=O) groups is 1. The van der Waals surface area contributed by atoms with Gasteiger partial charge in [-0.15, -0.1) is 17.9 Å². The van der Waals surface area contributed by atoms with Crippen LogP contribution in [0.2, 0.25) is 0 Å². The summed E-state index contributed by atoms with van der Waals surface area (Å²) in [7, 11) is 0. The minimum Gasteiger partial charge on any atom is -0.330 e. The molecule has 5 heteroatoms. The predicted octanol–water partition coefficient (Wildman–Crippen LogP) is 4.74. The molecule has 0 unspecified atom stereocenters. The Balaban J connectivity index is 1.87. The molecule has 0 N–H and O–H groups in total. The van der Waals surface area contributed by atoms with Crippen LogP contribution in [0.1, 0.15) is 20.8 Å². The molecule has 0 aliphatic rings. The highest BCUT2D eigenvalue weighted by atomic mass is 32.1. The van der Waals surface area contributed by atoms with Gasteiger partial charge in [-0.05, 0) is 35.9 Å². The molecule has 1 aromatic heterocycles. The molecule has 1 heterocycles. The minimum absolute atomic E-state index is 0.162. The van der Waals surface area contributed by atoms with Crippen molar-refractivity contribution in [2.45, 2.75) is 6.54 Å². The molecular weight excluding hydrogens is 335 g/mol. The molecule has 0 bridgehead atoms. The zero-order valence-electron chi connectivity index (χ0n) is 13.4. The van der Waals surface area contributed by atoms with Gasteiger partial charge in [-0.2, -0.15) is 5.26 Å². The van der Waals surface area contributed by atoms with E-state index in [2.05, 4.69) is 12.6 Å². The van der Waals surface area contributed by atoms with Gasteiger partial charge in [0, 0.05) is 23.2 Å². The molecule has 0 aliphatic carbocycles. The van der Waals surface area contributed by atoms with Gasteiger partial charge in [0.15, 0.2) is 0 Å². The van der Waals surface area contributed by atoms with Gasteiger partial charge in [-0.25, -0.2) is 4.39 Å². The maximum atomic E-state index is 13.9. The number of thiophene rings is 1. The van der Waals surface area contributed by atoms with Crippen LogP contribution in [0.25, 0.3) is 10.1 Å². The second-order valence-electron chi connectivity index (χ2n) is 5.55. The lowest BCUT2D eigenvalue weighted by Gasteiger charge is -2.20. The topological polar surface area (TPSA) is 44.1 Å². The quantitative estimate of drug-likeness (QED) is 0.624. The maximum absolute atomic E-state index is 13.9. The minimum atomic E-state index is -0.324. The van der Waals surface area contributed by atoms with Crippen molar-refractivity contribution >= 4 is 27.3 Å². The first-order valence-electron chi connectivity index (χ1n) is 7.69. The summed E-state index contributed by atoms with van der Waals surface area (Å²) in [5.41, 5.74) is 1.49. The highest BCUT2D eigenvalue weighted by Gasteiger charge is 2.18. The van der Waals surface area contributed by atoms with Crippen LogP contribution >= 0.6 is 11.3 Å². The summed E-state index contributed by atoms with van der Waals surface area (Å²) in [6.07, 6.45) is 1.66. The Bertz CT molecular complexity index is 970. The van der Waals surface area contributed by atoms with Gasteiger partial charge >= 0.3 is 0 Å². The highest BCUT2D eigenvalue weighted by Crippen LogP contribution is 2.28. The predicted molar refractivity (Wildman–Crippen MR) is 97.9 cm³/mol.